The van der Waals surface area contributed by atoms with Crippen molar-refractivity contribution in [1.29, 1.82) is 0 Å². The Balaban J connectivity index is 1.86. The number of ether oxygens (including phenoxy) is 1. The first-order chi connectivity index (χ1) is 11.6. The lowest BCUT2D eigenvalue weighted by molar-refractivity contribution is -0.118. The number of benzene rings is 1. The second-order valence-corrected chi connectivity index (χ2v) is 9.00. The maximum absolute atomic E-state index is 11.9. The first kappa shape index (κ1) is 19.7. The average Bonchev–Trinajstić information content (AvgIpc) is 2.53. The van der Waals surface area contributed by atoms with E-state index in [0.717, 1.165) is 0 Å². The van der Waals surface area contributed by atoms with Gasteiger partial charge in [0.1, 0.15) is 0 Å². The summed E-state index contributed by atoms with van der Waals surface area (Å²) in [6.45, 7) is 5.50. The summed E-state index contributed by atoms with van der Waals surface area (Å²) in [6, 6.07) is 6.79. The number of methoxy groups -OCH3 is 1. The molecule has 134 valence electrons. The van der Waals surface area contributed by atoms with Crippen LogP contribution in [-0.4, -0.2) is 42.4 Å². The van der Waals surface area contributed by atoms with Crippen LogP contribution in [0.1, 0.15) is 36.8 Å². The van der Waals surface area contributed by atoms with E-state index >= 15 is 0 Å². The minimum Gasteiger partial charge on any atom is -0.383 e. The van der Waals surface area contributed by atoms with Crippen molar-refractivity contribution in [2.75, 3.05) is 26.0 Å². The zero-order valence-corrected chi connectivity index (χ0v) is 16.6. The van der Waals surface area contributed by atoms with Crippen LogP contribution in [-0.2, 0) is 9.53 Å². The van der Waals surface area contributed by atoms with Gasteiger partial charge in [-0.1, -0.05) is 18.9 Å². The Morgan fingerprint density at radius 2 is 1.83 bits per heavy atom. The predicted octanol–water partition coefficient (Wildman–Crippen LogP) is 4.20. The molecule has 3 nitrogen and oxygen atoms in total. The van der Waals surface area contributed by atoms with E-state index in [9.17, 15) is 4.79 Å². The molecule has 0 unspecified atom stereocenters. The number of carbonyl (C=O) groups excluding carboxylic acids is 1. The lowest BCUT2D eigenvalue weighted by Crippen LogP contribution is -2.31. The van der Waals surface area contributed by atoms with Gasteiger partial charge in [-0.2, -0.15) is 0 Å². The van der Waals surface area contributed by atoms with Crippen LogP contribution in [0.4, 0.5) is 0 Å². The SMILES string of the molecule is COCCNC(=O)CS[C@H]1CCCC[C@@H]1Sc1cc(C)cc(C)c1. The van der Waals surface area contributed by atoms with Crippen molar-refractivity contribution in [3.63, 3.8) is 0 Å². The molecule has 0 radical (unpaired) electrons. The first-order valence-electron chi connectivity index (χ1n) is 8.70. The Morgan fingerprint density at radius 1 is 1.17 bits per heavy atom. The van der Waals surface area contributed by atoms with Crippen LogP contribution in [0.5, 0.6) is 0 Å². The van der Waals surface area contributed by atoms with Crippen LogP contribution < -0.4 is 5.32 Å². The molecule has 0 bridgehead atoms. The van der Waals surface area contributed by atoms with Gasteiger partial charge in [0.2, 0.25) is 5.91 Å². The van der Waals surface area contributed by atoms with Crippen LogP contribution in [0.25, 0.3) is 0 Å². The number of hydrogen-bond donors (Lipinski definition) is 1. The van der Waals surface area contributed by atoms with Gasteiger partial charge in [-0.15, -0.1) is 23.5 Å². The van der Waals surface area contributed by atoms with E-state index in [2.05, 4.69) is 37.4 Å². The summed E-state index contributed by atoms with van der Waals surface area (Å²) < 4.78 is 4.96. The van der Waals surface area contributed by atoms with Crippen LogP contribution >= 0.6 is 23.5 Å². The van der Waals surface area contributed by atoms with Crippen molar-refractivity contribution in [2.45, 2.75) is 54.9 Å². The molecule has 5 heteroatoms. The fraction of sp³-hybridized carbons (Fsp3) is 0.632. The minimum atomic E-state index is 0.123. The smallest absolute Gasteiger partial charge is 0.230 e. The highest BCUT2D eigenvalue weighted by molar-refractivity contribution is 8.04. The Bertz CT molecular complexity index is 516. The van der Waals surface area contributed by atoms with Gasteiger partial charge in [-0.3, -0.25) is 4.79 Å². The molecular weight excluding hydrogens is 338 g/mol. The fourth-order valence-electron chi connectivity index (χ4n) is 3.09. The molecule has 2 rings (SSSR count). The van der Waals surface area contributed by atoms with Crippen LogP contribution in [0.3, 0.4) is 0 Å². The summed E-state index contributed by atoms with van der Waals surface area (Å²) in [6.07, 6.45) is 5.06. The topological polar surface area (TPSA) is 38.3 Å². The number of hydrogen-bond acceptors (Lipinski definition) is 4. The van der Waals surface area contributed by atoms with Crippen LogP contribution in [0.2, 0.25) is 0 Å². The van der Waals surface area contributed by atoms with Crippen molar-refractivity contribution < 1.29 is 9.53 Å². The summed E-state index contributed by atoms with van der Waals surface area (Å²) in [7, 11) is 1.65. The molecule has 0 spiro atoms. The molecule has 1 N–H and O–H groups in total. The fourth-order valence-corrected chi connectivity index (χ4v) is 6.07. The van der Waals surface area contributed by atoms with Gasteiger partial charge in [0, 0.05) is 29.0 Å². The van der Waals surface area contributed by atoms with Crippen LogP contribution in [0, 0.1) is 13.8 Å². The number of aryl methyl sites for hydroxylation is 2. The Kier molecular flexibility index (Phi) is 8.50. The minimum absolute atomic E-state index is 0.123. The third-order valence-corrected chi connectivity index (χ3v) is 7.15. The van der Waals surface area contributed by atoms with Gasteiger partial charge < -0.3 is 10.1 Å². The zero-order chi connectivity index (χ0) is 17.4. The molecule has 24 heavy (non-hydrogen) atoms. The van der Waals surface area contributed by atoms with Gasteiger partial charge in [0.25, 0.3) is 0 Å². The maximum Gasteiger partial charge on any atom is 0.230 e. The van der Waals surface area contributed by atoms with E-state index in [1.54, 1.807) is 7.11 Å². The van der Waals surface area contributed by atoms with Crippen molar-refractivity contribution in [2.24, 2.45) is 0 Å². The third kappa shape index (κ3) is 6.69. The van der Waals surface area contributed by atoms with E-state index in [4.69, 9.17) is 4.74 Å². The number of rotatable bonds is 8. The quantitative estimate of drug-likeness (QED) is 0.699. The normalized spacial score (nSPS) is 20.8. The Morgan fingerprint density at radius 3 is 2.50 bits per heavy atom. The molecule has 1 amide bonds. The van der Waals surface area contributed by atoms with Crippen molar-refractivity contribution >= 4 is 29.4 Å². The maximum atomic E-state index is 11.9. The average molecular weight is 368 g/mol. The first-order valence-corrected chi connectivity index (χ1v) is 10.6. The van der Waals surface area contributed by atoms with E-state index in [1.807, 2.05) is 23.5 Å². The van der Waals surface area contributed by atoms with E-state index in [0.29, 0.717) is 29.4 Å². The van der Waals surface area contributed by atoms with Crippen molar-refractivity contribution in [3.8, 4) is 0 Å². The van der Waals surface area contributed by atoms with Gasteiger partial charge in [-0.05, 0) is 49.9 Å². The number of thioether (sulfide) groups is 2. The lowest BCUT2D eigenvalue weighted by Gasteiger charge is -2.30. The monoisotopic (exact) mass is 367 g/mol. The largest absolute Gasteiger partial charge is 0.383 e. The van der Waals surface area contributed by atoms with Crippen LogP contribution in [0.15, 0.2) is 23.1 Å². The predicted molar refractivity (Wildman–Crippen MR) is 105 cm³/mol. The van der Waals surface area contributed by atoms with Gasteiger partial charge in [0.15, 0.2) is 0 Å². The van der Waals surface area contributed by atoms with Gasteiger partial charge in [0.05, 0.1) is 12.4 Å². The van der Waals surface area contributed by atoms with Crippen molar-refractivity contribution in [1.82, 2.24) is 5.32 Å². The molecule has 0 heterocycles. The molecule has 0 aromatic heterocycles. The highest BCUT2D eigenvalue weighted by Gasteiger charge is 2.27. The summed E-state index contributed by atoms with van der Waals surface area (Å²) in [5.74, 6) is 0.677. The molecule has 1 aliphatic carbocycles. The number of carbonyl (C=O) groups is 1. The van der Waals surface area contributed by atoms with Gasteiger partial charge >= 0.3 is 0 Å². The summed E-state index contributed by atoms with van der Waals surface area (Å²) in [5, 5.41) is 4.09. The molecule has 1 aliphatic rings. The molecular formula is C19H29NO2S2. The third-order valence-electron chi connectivity index (χ3n) is 4.18. The lowest BCUT2D eigenvalue weighted by atomic mass is 10.00. The zero-order valence-electron chi connectivity index (χ0n) is 15.0. The summed E-state index contributed by atoms with van der Waals surface area (Å²) >= 11 is 3.83. The highest BCUT2D eigenvalue weighted by Crippen LogP contribution is 2.39. The molecule has 1 saturated carbocycles. The summed E-state index contributed by atoms with van der Waals surface area (Å²) in [5.41, 5.74) is 2.66. The number of amides is 1. The molecule has 1 aromatic rings. The molecule has 1 fully saturated rings. The summed E-state index contributed by atoms with van der Waals surface area (Å²) in [4.78, 5) is 13.3. The second-order valence-electron chi connectivity index (χ2n) is 6.46. The van der Waals surface area contributed by atoms with E-state index in [-0.39, 0.29) is 5.91 Å². The van der Waals surface area contributed by atoms with Gasteiger partial charge in [-0.25, -0.2) is 0 Å². The molecule has 2 atom stereocenters. The Labute approximate surface area is 154 Å². The standard InChI is InChI=1S/C19H29NO2S2/c1-14-10-15(2)12-16(11-14)24-18-7-5-4-6-17(18)23-13-19(21)20-8-9-22-3/h10-12,17-18H,4-9,13H2,1-3H3,(H,20,21)/t17-,18-/m0/s1. The highest BCUT2D eigenvalue weighted by atomic mass is 32.2. The van der Waals surface area contributed by atoms with E-state index < -0.39 is 0 Å². The molecule has 0 aliphatic heterocycles. The molecule has 0 saturated heterocycles. The van der Waals surface area contributed by atoms with Crippen molar-refractivity contribution in [3.05, 3.63) is 29.3 Å². The Hall–Kier alpha value is -0.650. The second kappa shape index (κ2) is 10.4. The number of nitrogens with one attached hydrogen (secondary N) is 1. The molecule has 1 aromatic carbocycles. The van der Waals surface area contributed by atoms with E-state index in [1.165, 1.54) is 41.7 Å².